The highest BCUT2D eigenvalue weighted by Gasteiger charge is 2.23. The molecule has 1 N–H and O–H groups in total. The van der Waals surface area contributed by atoms with Gasteiger partial charge in [-0.1, -0.05) is 83.1 Å². The van der Waals surface area contributed by atoms with Gasteiger partial charge in [-0.3, -0.25) is 9.59 Å². The molecule has 0 radical (unpaired) electrons. The number of benzene rings is 2. The predicted molar refractivity (Wildman–Crippen MR) is 137 cm³/mol. The van der Waals surface area contributed by atoms with Crippen LogP contribution in [0.3, 0.4) is 0 Å². The van der Waals surface area contributed by atoms with E-state index in [2.05, 4.69) is 39.9 Å². The number of nitrogens with one attached hydrogen (secondary N) is 1. The molecule has 0 saturated carbocycles. The van der Waals surface area contributed by atoms with Gasteiger partial charge in [-0.05, 0) is 30.0 Å². The van der Waals surface area contributed by atoms with E-state index in [-0.39, 0.29) is 29.7 Å². The fourth-order valence-electron chi connectivity index (χ4n) is 3.71. The maximum absolute atomic E-state index is 13.1. The van der Waals surface area contributed by atoms with E-state index >= 15 is 0 Å². The number of rotatable bonds is 9. The minimum atomic E-state index is -0.230. The van der Waals surface area contributed by atoms with Crippen molar-refractivity contribution in [1.29, 1.82) is 0 Å². The lowest BCUT2D eigenvalue weighted by Crippen LogP contribution is -2.40. The third-order valence-electron chi connectivity index (χ3n) is 5.49. The molecule has 1 heterocycles. The lowest BCUT2D eigenvalue weighted by Gasteiger charge is -2.24. The van der Waals surface area contributed by atoms with E-state index in [1.54, 1.807) is 9.58 Å². The summed E-state index contributed by atoms with van der Waals surface area (Å²) in [5.41, 5.74) is 2.69. The summed E-state index contributed by atoms with van der Waals surface area (Å²) in [6.45, 7) is 10.9. The summed E-state index contributed by atoms with van der Waals surface area (Å²) in [6, 6.07) is 21.6. The maximum atomic E-state index is 13.1. The van der Waals surface area contributed by atoms with Crippen LogP contribution in [0.2, 0.25) is 0 Å². The summed E-state index contributed by atoms with van der Waals surface area (Å²) in [7, 11) is 0. The van der Waals surface area contributed by atoms with E-state index < -0.39 is 0 Å². The molecule has 0 aliphatic carbocycles. The molecule has 6 heteroatoms. The standard InChI is InChI=1S/C28H36N4O2/c1-21(2)19-31(27(34)17-16-22-12-8-6-9-13-22)20-26(33)29-25-18-24(28(3,4)5)30-32(25)23-14-10-7-11-15-23/h6-15,18,21H,16-17,19-20H2,1-5H3,(H,29,33). The molecule has 0 bridgehead atoms. The Labute approximate surface area is 203 Å². The number of anilines is 1. The summed E-state index contributed by atoms with van der Waals surface area (Å²) in [4.78, 5) is 27.7. The highest BCUT2D eigenvalue weighted by atomic mass is 16.2. The zero-order chi connectivity index (χ0) is 24.7. The van der Waals surface area contributed by atoms with E-state index in [4.69, 9.17) is 5.10 Å². The second-order valence-electron chi connectivity index (χ2n) is 10.1. The predicted octanol–water partition coefficient (Wildman–Crippen LogP) is 5.23. The van der Waals surface area contributed by atoms with Crippen LogP contribution < -0.4 is 5.32 Å². The van der Waals surface area contributed by atoms with E-state index in [1.807, 2.05) is 66.7 Å². The van der Waals surface area contributed by atoms with Crippen LogP contribution in [-0.2, 0) is 21.4 Å². The molecule has 0 spiro atoms. The first-order valence-corrected chi connectivity index (χ1v) is 11.9. The summed E-state index contributed by atoms with van der Waals surface area (Å²) >= 11 is 0. The largest absolute Gasteiger partial charge is 0.333 e. The van der Waals surface area contributed by atoms with Crippen molar-refractivity contribution < 1.29 is 9.59 Å². The van der Waals surface area contributed by atoms with Gasteiger partial charge >= 0.3 is 0 Å². The minimum absolute atomic E-state index is 0.0105. The van der Waals surface area contributed by atoms with Gasteiger partial charge in [0.05, 0.1) is 17.9 Å². The Morgan fingerprint density at radius 1 is 1.00 bits per heavy atom. The zero-order valence-corrected chi connectivity index (χ0v) is 20.9. The van der Waals surface area contributed by atoms with Gasteiger partial charge in [0, 0.05) is 24.4 Å². The molecule has 6 nitrogen and oxygen atoms in total. The SMILES string of the molecule is CC(C)CN(CC(=O)Nc1cc(C(C)(C)C)nn1-c1ccccc1)C(=O)CCc1ccccc1. The number of hydrogen-bond donors (Lipinski definition) is 1. The molecule has 0 unspecified atom stereocenters. The van der Waals surface area contributed by atoms with Crippen molar-refractivity contribution in [2.24, 2.45) is 5.92 Å². The Balaban J connectivity index is 1.74. The van der Waals surface area contributed by atoms with Crippen LogP contribution in [0.15, 0.2) is 66.7 Å². The van der Waals surface area contributed by atoms with Crippen LogP contribution in [0.4, 0.5) is 5.82 Å². The van der Waals surface area contributed by atoms with Gasteiger partial charge in [0.15, 0.2) is 0 Å². The van der Waals surface area contributed by atoms with Crippen LogP contribution in [0.1, 0.15) is 52.3 Å². The fraction of sp³-hybridized carbons (Fsp3) is 0.393. The van der Waals surface area contributed by atoms with Crippen molar-refractivity contribution in [3.05, 3.63) is 78.0 Å². The molecule has 2 aromatic carbocycles. The first-order valence-electron chi connectivity index (χ1n) is 11.9. The van der Waals surface area contributed by atoms with Gasteiger partial charge in [-0.2, -0.15) is 5.10 Å². The summed E-state index contributed by atoms with van der Waals surface area (Å²) < 4.78 is 1.75. The first-order chi connectivity index (χ1) is 16.1. The molecule has 0 fully saturated rings. The van der Waals surface area contributed by atoms with Gasteiger partial charge in [0.2, 0.25) is 11.8 Å². The highest BCUT2D eigenvalue weighted by molar-refractivity contribution is 5.94. The zero-order valence-electron chi connectivity index (χ0n) is 20.9. The fourth-order valence-corrected chi connectivity index (χ4v) is 3.71. The highest BCUT2D eigenvalue weighted by Crippen LogP contribution is 2.26. The molecule has 180 valence electrons. The van der Waals surface area contributed by atoms with Crippen LogP contribution in [-0.4, -0.2) is 39.6 Å². The molecule has 2 amide bonds. The number of aromatic nitrogens is 2. The molecule has 1 aromatic heterocycles. The molecule has 0 saturated heterocycles. The van der Waals surface area contributed by atoms with E-state index in [0.717, 1.165) is 16.9 Å². The van der Waals surface area contributed by atoms with Gasteiger partial charge in [0.1, 0.15) is 5.82 Å². The Bertz CT molecular complexity index is 1080. The molecule has 0 atom stereocenters. The minimum Gasteiger partial charge on any atom is -0.333 e. The van der Waals surface area contributed by atoms with E-state index in [9.17, 15) is 9.59 Å². The third kappa shape index (κ3) is 7.04. The Hall–Kier alpha value is -3.41. The van der Waals surface area contributed by atoms with Gasteiger partial charge in [0.25, 0.3) is 0 Å². The summed E-state index contributed by atoms with van der Waals surface area (Å²) in [6.07, 6.45) is 1.03. The molecule has 3 aromatic rings. The number of aryl methyl sites for hydroxylation is 1. The lowest BCUT2D eigenvalue weighted by atomic mass is 9.92. The third-order valence-corrected chi connectivity index (χ3v) is 5.49. The smallest absolute Gasteiger partial charge is 0.245 e. The number of amides is 2. The van der Waals surface area contributed by atoms with Gasteiger partial charge in [-0.15, -0.1) is 0 Å². The van der Waals surface area contributed by atoms with Crippen LogP contribution >= 0.6 is 0 Å². The Morgan fingerprint density at radius 2 is 1.62 bits per heavy atom. The number of hydrogen-bond acceptors (Lipinski definition) is 3. The monoisotopic (exact) mass is 460 g/mol. The van der Waals surface area contributed by atoms with Crippen molar-refractivity contribution in [3.63, 3.8) is 0 Å². The average Bonchev–Trinajstić information content (AvgIpc) is 3.22. The number of carbonyl (C=O) groups excluding carboxylic acids is 2. The van der Waals surface area contributed by atoms with Crippen molar-refractivity contribution in [3.8, 4) is 5.69 Å². The van der Waals surface area contributed by atoms with Crippen LogP contribution in [0.5, 0.6) is 0 Å². The topological polar surface area (TPSA) is 67.2 Å². The average molecular weight is 461 g/mol. The van der Waals surface area contributed by atoms with Crippen molar-refractivity contribution >= 4 is 17.6 Å². The molecule has 3 rings (SSSR count). The van der Waals surface area contributed by atoms with E-state index in [1.165, 1.54) is 0 Å². The van der Waals surface area contributed by atoms with Gasteiger partial charge < -0.3 is 10.2 Å². The van der Waals surface area contributed by atoms with Gasteiger partial charge in [-0.25, -0.2) is 4.68 Å². The first kappa shape index (κ1) is 25.2. The molecule has 0 aliphatic rings. The normalized spacial score (nSPS) is 11.5. The lowest BCUT2D eigenvalue weighted by molar-refractivity contribution is -0.135. The quantitative estimate of drug-likeness (QED) is 0.476. The second kappa shape index (κ2) is 11.1. The van der Waals surface area contributed by atoms with E-state index in [0.29, 0.717) is 25.2 Å². The van der Waals surface area contributed by atoms with Crippen LogP contribution in [0, 0.1) is 5.92 Å². The summed E-state index contributed by atoms with van der Waals surface area (Å²) in [5.74, 6) is 0.615. The second-order valence-corrected chi connectivity index (χ2v) is 10.1. The van der Waals surface area contributed by atoms with Crippen molar-refractivity contribution in [2.75, 3.05) is 18.4 Å². The molecular weight excluding hydrogens is 424 g/mol. The maximum Gasteiger partial charge on any atom is 0.245 e. The molecule has 0 aliphatic heterocycles. The molecule has 34 heavy (non-hydrogen) atoms. The van der Waals surface area contributed by atoms with Crippen molar-refractivity contribution in [2.45, 2.75) is 52.9 Å². The van der Waals surface area contributed by atoms with Crippen LogP contribution in [0.25, 0.3) is 5.69 Å². The molecular formula is C28H36N4O2. The Kier molecular flexibility index (Phi) is 8.26. The Morgan fingerprint density at radius 3 is 2.21 bits per heavy atom. The number of nitrogens with zero attached hydrogens (tertiary/aromatic N) is 3. The number of para-hydroxylation sites is 1. The summed E-state index contributed by atoms with van der Waals surface area (Å²) in [5, 5.41) is 7.75. The number of carbonyl (C=O) groups is 2. The van der Waals surface area contributed by atoms with Crippen molar-refractivity contribution in [1.82, 2.24) is 14.7 Å².